The number of rotatable bonds is 6. The van der Waals surface area contributed by atoms with Gasteiger partial charge < -0.3 is 10.2 Å². The van der Waals surface area contributed by atoms with Crippen LogP contribution in [0.15, 0.2) is 0 Å². The van der Waals surface area contributed by atoms with Gasteiger partial charge in [0.25, 0.3) is 0 Å². The van der Waals surface area contributed by atoms with Crippen LogP contribution in [-0.4, -0.2) is 61.2 Å². The Morgan fingerprint density at radius 3 is 2.53 bits per heavy atom. The molecule has 2 rings (SSSR count). The second-order valence-corrected chi connectivity index (χ2v) is 6.64. The number of hydrogen-bond donors (Lipinski definition) is 1. The van der Waals surface area contributed by atoms with Crippen LogP contribution in [-0.2, 0) is 0 Å². The normalized spacial score (nSPS) is 26.2. The number of likely N-dealkylation sites (tertiary alicyclic amines) is 1. The zero-order chi connectivity index (χ0) is 13.5. The van der Waals surface area contributed by atoms with Crippen molar-refractivity contribution in [3.05, 3.63) is 0 Å². The average molecular weight is 267 g/mol. The molecule has 2 heterocycles. The highest BCUT2D eigenvalue weighted by atomic mass is 15.2. The van der Waals surface area contributed by atoms with Gasteiger partial charge in [-0.1, -0.05) is 12.8 Å². The lowest BCUT2D eigenvalue weighted by molar-refractivity contribution is 0.144. The average Bonchev–Trinajstić information content (AvgIpc) is 2.45. The quantitative estimate of drug-likeness (QED) is 0.797. The van der Waals surface area contributed by atoms with Gasteiger partial charge in [0.2, 0.25) is 0 Å². The van der Waals surface area contributed by atoms with Crippen LogP contribution in [0.1, 0.15) is 52.4 Å². The van der Waals surface area contributed by atoms with Gasteiger partial charge >= 0.3 is 0 Å². The van der Waals surface area contributed by atoms with Crippen LogP contribution < -0.4 is 5.32 Å². The Morgan fingerprint density at radius 1 is 1.11 bits per heavy atom. The fraction of sp³-hybridized carbons (Fsp3) is 1.00. The molecule has 0 spiro atoms. The van der Waals surface area contributed by atoms with Gasteiger partial charge in [-0.25, -0.2) is 0 Å². The molecular weight excluding hydrogens is 234 g/mol. The zero-order valence-corrected chi connectivity index (χ0v) is 13.0. The lowest BCUT2D eigenvalue weighted by Crippen LogP contribution is -2.48. The minimum Gasteiger partial charge on any atom is -0.313 e. The molecule has 2 aliphatic rings. The first-order valence-corrected chi connectivity index (χ1v) is 8.45. The zero-order valence-electron chi connectivity index (χ0n) is 13.0. The third kappa shape index (κ3) is 5.41. The van der Waals surface area contributed by atoms with Crippen LogP contribution in [0, 0.1) is 0 Å². The highest BCUT2D eigenvalue weighted by molar-refractivity contribution is 4.78. The predicted octanol–water partition coefficient (Wildman–Crippen LogP) is 2.32. The predicted molar refractivity (Wildman–Crippen MR) is 82.6 cm³/mol. The molecule has 0 aromatic heterocycles. The van der Waals surface area contributed by atoms with Crippen molar-refractivity contribution in [2.75, 3.05) is 39.3 Å². The summed E-state index contributed by atoms with van der Waals surface area (Å²) in [6.45, 7) is 12.3. The maximum atomic E-state index is 3.69. The van der Waals surface area contributed by atoms with E-state index in [0.29, 0.717) is 6.04 Å². The maximum Gasteiger partial charge on any atom is 0.0195 e. The summed E-state index contributed by atoms with van der Waals surface area (Å²) in [6.07, 6.45) is 8.41. The molecule has 1 N–H and O–H groups in total. The standard InChI is InChI=1S/C16H33N3/c1-15(2)19(14-16-8-4-5-9-17-16)13-12-18-10-6-3-7-11-18/h15-17H,3-14H2,1-2H3. The number of nitrogens with zero attached hydrogens (tertiary/aromatic N) is 2. The summed E-state index contributed by atoms with van der Waals surface area (Å²) in [5.74, 6) is 0. The van der Waals surface area contributed by atoms with Gasteiger partial charge in [0, 0.05) is 31.7 Å². The number of hydrogen-bond acceptors (Lipinski definition) is 3. The van der Waals surface area contributed by atoms with E-state index in [9.17, 15) is 0 Å². The summed E-state index contributed by atoms with van der Waals surface area (Å²) >= 11 is 0. The highest BCUT2D eigenvalue weighted by Gasteiger charge is 2.19. The Hall–Kier alpha value is -0.120. The van der Waals surface area contributed by atoms with Gasteiger partial charge in [-0.15, -0.1) is 0 Å². The first-order chi connectivity index (χ1) is 9.25. The molecule has 0 amide bonds. The summed E-state index contributed by atoms with van der Waals surface area (Å²) in [5, 5.41) is 3.69. The van der Waals surface area contributed by atoms with Crippen LogP contribution in [0.4, 0.5) is 0 Å². The molecule has 2 fully saturated rings. The van der Waals surface area contributed by atoms with E-state index in [1.165, 1.54) is 77.8 Å². The first-order valence-electron chi connectivity index (χ1n) is 8.45. The SMILES string of the molecule is CC(C)N(CCN1CCCCC1)CC1CCCCN1. The molecule has 112 valence electrons. The van der Waals surface area contributed by atoms with Crippen LogP contribution in [0.25, 0.3) is 0 Å². The number of nitrogens with one attached hydrogen (secondary N) is 1. The molecular formula is C16H33N3. The Morgan fingerprint density at radius 2 is 1.89 bits per heavy atom. The second kappa shape index (κ2) is 8.23. The molecule has 3 nitrogen and oxygen atoms in total. The van der Waals surface area contributed by atoms with E-state index < -0.39 is 0 Å². The van der Waals surface area contributed by atoms with Crippen LogP contribution in [0.5, 0.6) is 0 Å². The van der Waals surface area contributed by atoms with E-state index in [0.717, 1.165) is 6.04 Å². The topological polar surface area (TPSA) is 18.5 Å². The van der Waals surface area contributed by atoms with E-state index in [1.54, 1.807) is 0 Å². The van der Waals surface area contributed by atoms with Crippen molar-refractivity contribution in [3.8, 4) is 0 Å². The van der Waals surface area contributed by atoms with Gasteiger partial charge in [-0.05, 0) is 59.2 Å². The summed E-state index contributed by atoms with van der Waals surface area (Å²) in [6, 6.07) is 1.41. The monoisotopic (exact) mass is 267 g/mol. The van der Waals surface area contributed by atoms with Gasteiger partial charge in [0.1, 0.15) is 0 Å². The fourth-order valence-electron chi connectivity index (χ4n) is 3.38. The fourth-order valence-corrected chi connectivity index (χ4v) is 3.38. The summed E-state index contributed by atoms with van der Waals surface area (Å²) in [4.78, 5) is 5.34. The molecule has 19 heavy (non-hydrogen) atoms. The van der Waals surface area contributed by atoms with E-state index in [2.05, 4.69) is 29.0 Å². The lowest BCUT2D eigenvalue weighted by atomic mass is 10.0. The first kappa shape index (κ1) is 15.3. The van der Waals surface area contributed by atoms with Crippen LogP contribution in [0.3, 0.4) is 0 Å². The Labute approximate surface area is 119 Å². The molecule has 1 atom stereocenters. The number of piperidine rings is 2. The summed E-state index contributed by atoms with van der Waals surface area (Å²) in [7, 11) is 0. The van der Waals surface area contributed by atoms with Crippen molar-refractivity contribution in [1.82, 2.24) is 15.1 Å². The van der Waals surface area contributed by atoms with Gasteiger partial charge in [-0.2, -0.15) is 0 Å². The molecule has 0 saturated carbocycles. The van der Waals surface area contributed by atoms with Crippen LogP contribution >= 0.6 is 0 Å². The Kier molecular flexibility index (Phi) is 6.62. The second-order valence-electron chi connectivity index (χ2n) is 6.64. The van der Waals surface area contributed by atoms with Crippen molar-refractivity contribution in [1.29, 1.82) is 0 Å². The molecule has 2 aliphatic heterocycles. The molecule has 0 bridgehead atoms. The lowest BCUT2D eigenvalue weighted by Gasteiger charge is -2.35. The highest BCUT2D eigenvalue weighted by Crippen LogP contribution is 2.12. The van der Waals surface area contributed by atoms with E-state index in [-0.39, 0.29) is 0 Å². The third-order valence-corrected chi connectivity index (χ3v) is 4.75. The van der Waals surface area contributed by atoms with Crippen molar-refractivity contribution in [3.63, 3.8) is 0 Å². The van der Waals surface area contributed by atoms with Gasteiger partial charge in [-0.3, -0.25) is 4.90 Å². The molecule has 0 aromatic carbocycles. The Bertz CT molecular complexity index is 230. The summed E-state index contributed by atoms with van der Waals surface area (Å²) < 4.78 is 0. The third-order valence-electron chi connectivity index (χ3n) is 4.75. The van der Waals surface area contributed by atoms with E-state index in [1.807, 2.05) is 0 Å². The van der Waals surface area contributed by atoms with E-state index >= 15 is 0 Å². The van der Waals surface area contributed by atoms with E-state index in [4.69, 9.17) is 0 Å². The van der Waals surface area contributed by atoms with Gasteiger partial charge in [0.15, 0.2) is 0 Å². The largest absolute Gasteiger partial charge is 0.313 e. The Balaban J connectivity index is 1.71. The minimum absolute atomic E-state index is 0.675. The van der Waals surface area contributed by atoms with Crippen molar-refractivity contribution in [2.45, 2.75) is 64.5 Å². The summed E-state index contributed by atoms with van der Waals surface area (Å²) in [5.41, 5.74) is 0. The minimum atomic E-state index is 0.675. The molecule has 1 unspecified atom stereocenters. The smallest absolute Gasteiger partial charge is 0.0195 e. The van der Waals surface area contributed by atoms with Crippen LogP contribution in [0.2, 0.25) is 0 Å². The molecule has 3 heteroatoms. The molecule has 2 saturated heterocycles. The molecule has 0 aliphatic carbocycles. The van der Waals surface area contributed by atoms with Crippen molar-refractivity contribution >= 4 is 0 Å². The van der Waals surface area contributed by atoms with Crippen molar-refractivity contribution in [2.24, 2.45) is 0 Å². The molecule has 0 aromatic rings. The maximum absolute atomic E-state index is 3.69. The van der Waals surface area contributed by atoms with Gasteiger partial charge in [0.05, 0.1) is 0 Å². The molecule has 0 radical (unpaired) electrons. The van der Waals surface area contributed by atoms with Crippen molar-refractivity contribution < 1.29 is 0 Å².